The Morgan fingerprint density at radius 3 is 2.27 bits per heavy atom. The largest absolute Gasteiger partial charge is 0.0622 e. The first-order valence-electron chi connectivity index (χ1n) is 6.13. The van der Waals surface area contributed by atoms with Gasteiger partial charge in [-0.15, -0.1) is 0 Å². The Balaban J connectivity index is 2.04. The van der Waals surface area contributed by atoms with Crippen LogP contribution in [0.4, 0.5) is 0 Å². The molecule has 0 spiro atoms. The van der Waals surface area contributed by atoms with Crippen LogP contribution in [0.15, 0.2) is 30.3 Å². The predicted octanol–water partition coefficient (Wildman–Crippen LogP) is 4.30. The molecule has 0 saturated heterocycles. The Hall–Kier alpha value is -0.780. The van der Waals surface area contributed by atoms with Gasteiger partial charge in [-0.3, -0.25) is 0 Å². The molecule has 2 rings (SSSR count). The summed E-state index contributed by atoms with van der Waals surface area (Å²) in [4.78, 5) is 0. The van der Waals surface area contributed by atoms with Crippen LogP contribution in [0.2, 0.25) is 0 Å². The Labute approximate surface area is 93.7 Å². The van der Waals surface area contributed by atoms with Crippen LogP contribution in [-0.4, -0.2) is 0 Å². The summed E-state index contributed by atoms with van der Waals surface area (Å²) in [5, 5.41) is 0. The molecule has 1 aromatic carbocycles. The van der Waals surface area contributed by atoms with E-state index in [-0.39, 0.29) is 0 Å². The Morgan fingerprint density at radius 1 is 1.13 bits per heavy atom. The Bertz CT molecular complexity index is 310. The highest BCUT2D eigenvalue weighted by atomic mass is 14.4. The van der Waals surface area contributed by atoms with E-state index >= 15 is 0 Å². The van der Waals surface area contributed by atoms with Crippen molar-refractivity contribution in [1.29, 1.82) is 0 Å². The molecule has 0 aliphatic heterocycles. The van der Waals surface area contributed by atoms with Crippen LogP contribution in [0.25, 0.3) is 0 Å². The molecule has 1 fully saturated rings. The van der Waals surface area contributed by atoms with Crippen LogP contribution in [0.5, 0.6) is 0 Å². The molecule has 0 radical (unpaired) electrons. The topological polar surface area (TPSA) is 0 Å². The summed E-state index contributed by atoms with van der Waals surface area (Å²) in [6.07, 6.45) is 4.09. The van der Waals surface area contributed by atoms with Gasteiger partial charge in [0.05, 0.1) is 0 Å². The van der Waals surface area contributed by atoms with Crippen LogP contribution < -0.4 is 0 Å². The van der Waals surface area contributed by atoms with Gasteiger partial charge in [-0.05, 0) is 35.7 Å². The predicted molar refractivity (Wildman–Crippen MR) is 65.8 cm³/mol. The van der Waals surface area contributed by atoms with Crippen LogP contribution in [0.1, 0.15) is 39.2 Å². The zero-order valence-corrected chi connectivity index (χ0v) is 10.2. The monoisotopic (exact) mass is 202 g/mol. The second-order valence-electron chi connectivity index (χ2n) is 5.81. The average molecular weight is 202 g/mol. The zero-order valence-electron chi connectivity index (χ0n) is 10.2. The van der Waals surface area contributed by atoms with Crippen molar-refractivity contribution in [3.05, 3.63) is 35.9 Å². The third kappa shape index (κ3) is 2.25. The van der Waals surface area contributed by atoms with E-state index in [0.29, 0.717) is 5.41 Å². The maximum Gasteiger partial charge on any atom is -0.0224 e. The maximum absolute atomic E-state index is 2.43. The van der Waals surface area contributed by atoms with Crippen molar-refractivity contribution in [1.82, 2.24) is 0 Å². The Morgan fingerprint density at radius 2 is 1.80 bits per heavy atom. The summed E-state index contributed by atoms with van der Waals surface area (Å²) in [6, 6.07) is 10.9. The van der Waals surface area contributed by atoms with Crippen LogP contribution in [0.3, 0.4) is 0 Å². The van der Waals surface area contributed by atoms with Gasteiger partial charge in [-0.2, -0.15) is 0 Å². The van der Waals surface area contributed by atoms with Gasteiger partial charge in [-0.25, -0.2) is 0 Å². The van der Waals surface area contributed by atoms with E-state index in [1.165, 1.54) is 24.8 Å². The van der Waals surface area contributed by atoms with Crippen molar-refractivity contribution in [2.75, 3.05) is 0 Å². The van der Waals surface area contributed by atoms with Gasteiger partial charge in [-0.1, -0.05) is 57.5 Å². The summed E-state index contributed by atoms with van der Waals surface area (Å²) in [5.74, 6) is 1.86. The molecule has 0 heterocycles. The van der Waals surface area contributed by atoms with Crippen molar-refractivity contribution in [2.45, 2.75) is 40.0 Å². The molecule has 2 atom stereocenters. The van der Waals surface area contributed by atoms with Crippen molar-refractivity contribution < 1.29 is 0 Å². The van der Waals surface area contributed by atoms with Crippen molar-refractivity contribution in [2.24, 2.45) is 17.3 Å². The second kappa shape index (κ2) is 4.00. The van der Waals surface area contributed by atoms with Gasteiger partial charge in [0, 0.05) is 0 Å². The van der Waals surface area contributed by atoms with Crippen molar-refractivity contribution in [3.8, 4) is 0 Å². The molecule has 1 saturated carbocycles. The molecular formula is C15H22. The SMILES string of the molecule is CC1CCC1C(C)(C)Cc1ccccc1. The van der Waals surface area contributed by atoms with Crippen LogP contribution >= 0.6 is 0 Å². The zero-order chi connectivity index (χ0) is 10.9. The lowest BCUT2D eigenvalue weighted by molar-refractivity contribution is 0.0545. The standard InChI is InChI=1S/C15H22/c1-12-9-10-14(12)15(2,3)11-13-7-5-4-6-8-13/h4-8,12,14H,9-11H2,1-3H3. The highest BCUT2D eigenvalue weighted by Gasteiger charge is 2.38. The molecule has 0 bridgehead atoms. The molecule has 82 valence electrons. The second-order valence-corrected chi connectivity index (χ2v) is 5.81. The van der Waals surface area contributed by atoms with E-state index < -0.39 is 0 Å². The number of hydrogen-bond donors (Lipinski definition) is 0. The molecule has 0 aromatic heterocycles. The van der Waals surface area contributed by atoms with Gasteiger partial charge in [0.2, 0.25) is 0 Å². The minimum atomic E-state index is 0.471. The average Bonchev–Trinajstić information content (AvgIpc) is 2.15. The van der Waals surface area contributed by atoms with E-state index in [4.69, 9.17) is 0 Å². The fourth-order valence-corrected chi connectivity index (χ4v) is 3.08. The third-order valence-corrected chi connectivity index (χ3v) is 4.13. The van der Waals surface area contributed by atoms with Gasteiger partial charge in [0.1, 0.15) is 0 Å². The lowest BCUT2D eigenvalue weighted by Gasteiger charge is -2.46. The number of benzene rings is 1. The summed E-state index contributed by atoms with van der Waals surface area (Å²) in [7, 11) is 0. The highest BCUT2D eigenvalue weighted by Crippen LogP contribution is 2.47. The van der Waals surface area contributed by atoms with Gasteiger partial charge >= 0.3 is 0 Å². The normalized spacial score (nSPS) is 26.1. The molecule has 0 nitrogen and oxygen atoms in total. The first kappa shape index (κ1) is 10.7. The molecule has 0 N–H and O–H groups in total. The van der Waals surface area contributed by atoms with Crippen molar-refractivity contribution in [3.63, 3.8) is 0 Å². The number of rotatable bonds is 3. The highest BCUT2D eigenvalue weighted by molar-refractivity contribution is 5.16. The van der Waals surface area contributed by atoms with Crippen LogP contribution in [0, 0.1) is 17.3 Å². The molecule has 1 aromatic rings. The van der Waals surface area contributed by atoms with Gasteiger partial charge < -0.3 is 0 Å². The summed E-state index contributed by atoms with van der Waals surface area (Å²) in [6.45, 7) is 7.27. The van der Waals surface area contributed by atoms with E-state index in [2.05, 4.69) is 51.1 Å². The van der Waals surface area contributed by atoms with E-state index in [1.54, 1.807) is 0 Å². The van der Waals surface area contributed by atoms with E-state index in [9.17, 15) is 0 Å². The first-order valence-corrected chi connectivity index (χ1v) is 6.13. The Kier molecular flexibility index (Phi) is 2.86. The van der Waals surface area contributed by atoms with E-state index in [0.717, 1.165) is 11.8 Å². The fourth-order valence-electron chi connectivity index (χ4n) is 3.08. The quantitative estimate of drug-likeness (QED) is 0.685. The molecular weight excluding hydrogens is 180 g/mol. The minimum absolute atomic E-state index is 0.471. The first-order chi connectivity index (χ1) is 7.09. The molecule has 15 heavy (non-hydrogen) atoms. The van der Waals surface area contributed by atoms with E-state index in [1.807, 2.05) is 0 Å². The summed E-state index contributed by atoms with van der Waals surface area (Å²) >= 11 is 0. The maximum atomic E-state index is 2.43. The number of hydrogen-bond acceptors (Lipinski definition) is 0. The van der Waals surface area contributed by atoms with Gasteiger partial charge in [0.25, 0.3) is 0 Å². The third-order valence-electron chi connectivity index (χ3n) is 4.13. The molecule has 2 unspecified atom stereocenters. The molecule has 1 aliphatic carbocycles. The fraction of sp³-hybridized carbons (Fsp3) is 0.600. The van der Waals surface area contributed by atoms with Gasteiger partial charge in [0.15, 0.2) is 0 Å². The lowest BCUT2D eigenvalue weighted by Crippen LogP contribution is -2.38. The van der Waals surface area contributed by atoms with Crippen molar-refractivity contribution >= 4 is 0 Å². The molecule has 1 aliphatic rings. The lowest BCUT2D eigenvalue weighted by atomic mass is 9.59. The van der Waals surface area contributed by atoms with Crippen LogP contribution in [-0.2, 0) is 6.42 Å². The molecule has 0 amide bonds. The molecule has 0 heteroatoms. The minimum Gasteiger partial charge on any atom is -0.0622 e. The summed E-state index contributed by atoms with van der Waals surface area (Å²) in [5.41, 5.74) is 1.96. The smallest absolute Gasteiger partial charge is 0.0224 e. The summed E-state index contributed by atoms with van der Waals surface area (Å²) < 4.78 is 0.